The van der Waals surface area contributed by atoms with E-state index in [1.807, 2.05) is 12.1 Å². The third kappa shape index (κ3) is 3.94. The summed E-state index contributed by atoms with van der Waals surface area (Å²) in [5.41, 5.74) is 2.48. The van der Waals surface area contributed by atoms with Gasteiger partial charge < -0.3 is 9.47 Å². The molecule has 0 spiro atoms. The average molecular weight is 425 g/mol. The van der Waals surface area contributed by atoms with Crippen molar-refractivity contribution < 1.29 is 17.9 Å². The van der Waals surface area contributed by atoms with Gasteiger partial charge in [-0.3, -0.25) is 9.97 Å². The number of benzene rings is 1. The van der Waals surface area contributed by atoms with Gasteiger partial charge in [0.25, 0.3) is 0 Å². The van der Waals surface area contributed by atoms with Crippen LogP contribution in [0.2, 0.25) is 0 Å². The number of nitrogens with zero attached hydrogens (tertiary/aromatic N) is 5. The van der Waals surface area contributed by atoms with E-state index in [0.717, 1.165) is 11.8 Å². The second-order valence-corrected chi connectivity index (χ2v) is 8.67. The molecule has 30 heavy (non-hydrogen) atoms. The molecule has 3 aromatic heterocycles. The van der Waals surface area contributed by atoms with Crippen molar-refractivity contribution in [3.05, 3.63) is 60.4 Å². The summed E-state index contributed by atoms with van der Waals surface area (Å²) >= 11 is 0. The lowest BCUT2D eigenvalue weighted by Crippen LogP contribution is -1.99. The highest BCUT2D eigenvalue weighted by molar-refractivity contribution is 7.90. The number of pyridine rings is 1. The van der Waals surface area contributed by atoms with Gasteiger partial charge in [0.2, 0.25) is 0 Å². The maximum absolute atomic E-state index is 11.9. The lowest BCUT2D eigenvalue weighted by Gasteiger charge is -2.07. The molecule has 3 heterocycles. The molecular weight excluding hydrogens is 406 g/mol. The van der Waals surface area contributed by atoms with Crippen LogP contribution in [0.1, 0.15) is 11.4 Å². The van der Waals surface area contributed by atoms with Crippen molar-refractivity contribution in [2.75, 3.05) is 20.5 Å². The molecule has 0 saturated carbocycles. The molecule has 0 aliphatic rings. The Morgan fingerprint density at radius 1 is 1.03 bits per heavy atom. The molecule has 0 atom stereocenters. The molecule has 0 aliphatic heterocycles. The summed E-state index contributed by atoms with van der Waals surface area (Å²) in [6.07, 6.45) is 7.73. The molecule has 0 amide bonds. The van der Waals surface area contributed by atoms with E-state index in [1.54, 1.807) is 43.4 Å². The average Bonchev–Trinajstić information content (AvgIpc) is 3.15. The largest absolute Gasteiger partial charge is 0.497 e. The number of rotatable bonds is 6. The van der Waals surface area contributed by atoms with Gasteiger partial charge in [-0.25, -0.2) is 17.9 Å². The van der Waals surface area contributed by atoms with Crippen molar-refractivity contribution in [2.24, 2.45) is 0 Å². The minimum Gasteiger partial charge on any atom is -0.497 e. The Morgan fingerprint density at radius 3 is 2.43 bits per heavy atom. The number of ether oxygens (including phenoxy) is 2. The summed E-state index contributed by atoms with van der Waals surface area (Å²) < 4.78 is 36.0. The van der Waals surface area contributed by atoms with Crippen molar-refractivity contribution in [3.63, 3.8) is 0 Å². The monoisotopic (exact) mass is 425 g/mol. The van der Waals surface area contributed by atoms with Crippen LogP contribution in [-0.4, -0.2) is 53.5 Å². The van der Waals surface area contributed by atoms with Crippen LogP contribution in [-0.2, 0) is 16.3 Å². The van der Waals surface area contributed by atoms with Gasteiger partial charge in [-0.2, -0.15) is 5.10 Å². The summed E-state index contributed by atoms with van der Waals surface area (Å²) in [5, 5.41) is 4.52. The van der Waals surface area contributed by atoms with Crippen LogP contribution < -0.4 is 9.47 Å². The summed E-state index contributed by atoms with van der Waals surface area (Å²) in [4.78, 5) is 13.2. The van der Waals surface area contributed by atoms with Crippen molar-refractivity contribution in [1.29, 1.82) is 0 Å². The summed E-state index contributed by atoms with van der Waals surface area (Å²) in [7, 11) is -0.201. The Balaban J connectivity index is 1.75. The van der Waals surface area contributed by atoms with E-state index in [2.05, 4.69) is 20.1 Å². The molecule has 0 saturated heterocycles. The van der Waals surface area contributed by atoms with Gasteiger partial charge in [0.15, 0.2) is 21.3 Å². The number of fused-ring (bicyclic) bond motifs is 1. The first-order chi connectivity index (χ1) is 14.4. The van der Waals surface area contributed by atoms with E-state index in [9.17, 15) is 8.42 Å². The van der Waals surface area contributed by atoms with E-state index in [1.165, 1.54) is 12.3 Å². The molecule has 4 rings (SSSR count). The van der Waals surface area contributed by atoms with Crippen LogP contribution in [0.5, 0.6) is 11.5 Å². The molecule has 154 valence electrons. The van der Waals surface area contributed by atoms with E-state index >= 15 is 0 Å². The quantitative estimate of drug-likeness (QED) is 0.463. The Bertz CT molecular complexity index is 1310. The molecule has 0 fully saturated rings. The maximum atomic E-state index is 11.9. The lowest BCUT2D eigenvalue weighted by atomic mass is 10.1. The number of aromatic nitrogens is 5. The molecule has 9 nitrogen and oxygen atoms in total. The minimum atomic E-state index is -3.39. The van der Waals surface area contributed by atoms with Crippen molar-refractivity contribution >= 4 is 15.5 Å². The molecule has 0 aliphatic carbocycles. The van der Waals surface area contributed by atoms with Gasteiger partial charge in [-0.15, -0.1) is 0 Å². The number of sulfone groups is 1. The van der Waals surface area contributed by atoms with Crippen molar-refractivity contribution in [2.45, 2.75) is 11.3 Å². The van der Waals surface area contributed by atoms with Crippen LogP contribution in [0.3, 0.4) is 0 Å². The van der Waals surface area contributed by atoms with E-state index in [4.69, 9.17) is 9.47 Å². The van der Waals surface area contributed by atoms with Crippen molar-refractivity contribution in [3.8, 4) is 22.8 Å². The molecular formula is C20H19N5O4S. The maximum Gasteiger partial charge on any atom is 0.182 e. The number of hydrogen-bond donors (Lipinski definition) is 0. The third-order valence-electron chi connectivity index (χ3n) is 4.49. The van der Waals surface area contributed by atoms with Crippen LogP contribution in [0, 0.1) is 0 Å². The smallest absolute Gasteiger partial charge is 0.182 e. The third-order valence-corrected chi connectivity index (χ3v) is 5.57. The van der Waals surface area contributed by atoms with Crippen molar-refractivity contribution in [1.82, 2.24) is 24.6 Å². The first-order valence-electron chi connectivity index (χ1n) is 8.95. The van der Waals surface area contributed by atoms with Crippen LogP contribution in [0.15, 0.2) is 53.9 Å². The highest BCUT2D eigenvalue weighted by atomic mass is 32.2. The zero-order chi connectivity index (χ0) is 21.3. The molecule has 10 heteroatoms. The van der Waals surface area contributed by atoms with E-state index < -0.39 is 9.84 Å². The fourth-order valence-electron chi connectivity index (χ4n) is 3.04. The molecule has 0 unspecified atom stereocenters. The highest BCUT2D eigenvalue weighted by Gasteiger charge is 2.15. The molecule has 0 radical (unpaired) electrons. The van der Waals surface area contributed by atoms with Crippen LogP contribution >= 0.6 is 0 Å². The van der Waals surface area contributed by atoms with E-state index in [-0.39, 0.29) is 4.90 Å². The second kappa shape index (κ2) is 7.71. The molecule has 4 aromatic rings. The Labute approximate surface area is 173 Å². The predicted molar refractivity (Wildman–Crippen MR) is 109 cm³/mol. The number of methoxy groups -OCH3 is 2. The van der Waals surface area contributed by atoms with Crippen LogP contribution in [0.4, 0.5) is 0 Å². The molecule has 0 N–H and O–H groups in total. The zero-order valence-electron chi connectivity index (χ0n) is 16.6. The summed E-state index contributed by atoms with van der Waals surface area (Å²) in [5.74, 6) is 1.94. The fraction of sp³-hybridized carbons (Fsp3) is 0.200. The predicted octanol–water partition coefficient (Wildman–Crippen LogP) is 2.20. The lowest BCUT2D eigenvalue weighted by molar-refractivity contribution is 0.393. The Kier molecular flexibility index (Phi) is 5.08. The summed E-state index contributed by atoms with van der Waals surface area (Å²) in [6.45, 7) is 0. The highest BCUT2D eigenvalue weighted by Crippen LogP contribution is 2.25. The SMILES string of the molecule is COc1cc(Cc2nc3c(-c4cncc(S(C)(=O)=O)c4)nccn3n2)cc(OC)c1. The first kappa shape index (κ1) is 19.8. The standard InChI is InChI=1S/C20H19N5O4S/c1-28-15-6-13(7-16(10-15)29-2)8-18-23-20-19(22-4-5-25(20)24-18)14-9-17(12-21-11-14)30(3,26)27/h4-7,9-12H,8H2,1-3H3. The van der Waals surface area contributed by atoms with Gasteiger partial charge in [0.05, 0.1) is 19.1 Å². The first-order valence-corrected chi connectivity index (χ1v) is 10.8. The minimum absolute atomic E-state index is 0.118. The van der Waals surface area contributed by atoms with Gasteiger partial charge in [-0.1, -0.05) is 0 Å². The number of hydrogen-bond acceptors (Lipinski definition) is 8. The summed E-state index contributed by atoms with van der Waals surface area (Å²) in [6, 6.07) is 7.12. The molecule has 0 bridgehead atoms. The normalized spacial score (nSPS) is 11.6. The zero-order valence-corrected chi connectivity index (χ0v) is 17.4. The van der Waals surface area contributed by atoms with Gasteiger partial charge >= 0.3 is 0 Å². The topological polar surface area (TPSA) is 109 Å². The van der Waals surface area contributed by atoms with Gasteiger partial charge in [0.1, 0.15) is 17.2 Å². The second-order valence-electron chi connectivity index (χ2n) is 6.65. The van der Waals surface area contributed by atoms with Gasteiger partial charge in [-0.05, 0) is 23.8 Å². The fourth-order valence-corrected chi connectivity index (χ4v) is 3.64. The Hall–Kier alpha value is -3.53. The van der Waals surface area contributed by atoms with Gasteiger partial charge in [0, 0.05) is 49.1 Å². The Morgan fingerprint density at radius 2 is 1.77 bits per heavy atom. The van der Waals surface area contributed by atoms with Crippen LogP contribution in [0.25, 0.3) is 16.9 Å². The molecule has 1 aromatic carbocycles. The van der Waals surface area contributed by atoms with E-state index in [0.29, 0.717) is 40.6 Å².